The smallest absolute Gasteiger partial charge is 0.303 e. The molecule has 1 aliphatic heterocycles. The Morgan fingerprint density at radius 3 is 2.90 bits per heavy atom. The van der Waals surface area contributed by atoms with Crippen molar-refractivity contribution < 1.29 is 19.0 Å². The minimum Gasteiger partial charge on any atom is -0.498 e. The lowest BCUT2D eigenvalue weighted by Crippen LogP contribution is -2.26. The molecule has 1 aromatic rings. The fourth-order valence-electron chi connectivity index (χ4n) is 2.30. The minimum atomic E-state index is -0.253. The van der Waals surface area contributed by atoms with E-state index in [1.165, 1.54) is 12.5 Å². The number of benzene rings is 1. The maximum Gasteiger partial charge on any atom is 0.303 e. The molecule has 1 heterocycles. The van der Waals surface area contributed by atoms with E-state index in [4.69, 9.17) is 14.2 Å². The van der Waals surface area contributed by atoms with Crippen LogP contribution >= 0.6 is 0 Å². The van der Waals surface area contributed by atoms with E-state index in [-0.39, 0.29) is 18.2 Å². The van der Waals surface area contributed by atoms with Crippen molar-refractivity contribution in [3.63, 3.8) is 0 Å². The molecule has 4 nitrogen and oxygen atoms in total. The molecule has 2 atom stereocenters. The maximum absolute atomic E-state index is 10.9. The molecule has 0 saturated heterocycles. The van der Waals surface area contributed by atoms with Gasteiger partial charge in [0.05, 0.1) is 12.9 Å². The Labute approximate surface area is 125 Å². The van der Waals surface area contributed by atoms with Crippen LogP contribution in [0.1, 0.15) is 31.7 Å². The van der Waals surface area contributed by atoms with Gasteiger partial charge >= 0.3 is 5.97 Å². The second-order valence-corrected chi connectivity index (χ2v) is 5.15. The average molecular weight is 290 g/mol. The zero-order valence-electron chi connectivity index (χ0n) is 12.4. The molecule has 0 aromatic heterocycles. The lowest BCUT2D eigenvalue weighted by molar-refractivity contribution is -0.146. The molecule has 4 heteroatoms. The normalized spacial score (nSPS) is 20.8. The number of hydrogen-bond acceptors (Lipinski definition) is 4. The Balaban J connectivity index is 1.58. The van der Waals surface area contributed by atoms with Gasteiger partial charge in [-0.25, -0.2) is 0 Å². The van der Waals surface area contributed by atoms with E-state index in [9.17, 15) is 4.79 Å². The van der Waals surface area contributed by atoms with Gasteiger partial charge in [0.25, 0.3) is 0 Å². The number of esters is 1. The van der Waals surface area contributed by atoms with Crippen LogP contribution in [0.15, 0.2) is 42.7 Å². The van der Waals surface area contributed by atoms with Gasteiger partial charge in [0.1, 0.15) is 12.2 Å². The number of ether oxygens (including phenoxy) is 3. The van der Waals surface area contributed by atoms with Crippen molar-refractivity contribution in [1.82, 2.24) is 0 Å². The molecule has 0 aliphatic carbocycles. The Hall–Kier alpha value is -1.81. The highest BCUT2D eigenvalue weighted by Gasteiger charge is 2.20. The van der Waals surface area contributed by atoms with E-state index in [0.29, 0.717) is 13.2 Å². The number of carbonyl (C=O) groups excluding carboxylic acids is 1. The van der Waals surface area contributed by atoms with Gasteiger partial charge in [-0.3, -0.25) is 4.79 Å². The van der Waals surface area contributed by atoms with E-state index in [1.54, 1.807) is 12.3 Å². The zero-order chi connectivity index (χ0) is 14.9. The van der Waals surface area contributed by atoms with Crippen LogP contribution in [0.5, 0.6) is 0 Å². The Morgan fingerprint density at radius 2 is 2.14 bits per heavy atom. The van der Waals surface area contributed by atoms with Crippen LogP contribution in [0.3, 0.4) is 0 Å². The van der Waals surface area contributed by atoms with Crippen molar-refractivity contribution in [1.29, 1.82) is 0 Å². The van der Waals surface area contributed by atoms with Gasteiger partial charge in [-0.1, -0.05) is 30.3 Å². The first-order chi connectivity index (χ1) is 10.2. The summed E-state index contributed by atoms with van der Waals surface area (Å²) in [6, 6.07) is 10.1. The van der Waals surface area contributed by atoms with Crippen molar-refractivity contribution in [2.45, 2.75) is 45.0 Å². The van der Waals surface area contributed by atoms with Gasteiger partial charge < -0.3 is 14.2 Å². The van der Waals surface area contributed by atoms with E-state index in [2.05, 4.69) is 12.1 Å². The molecule has 0 saturated carbocycles. The van der Waals surface area contributed by atoms with Crippen molar-refractivity contribution in [3.8, 4) is 0 Å². The van der Waals surface area contributed by atoms with Gasteiger partial charge in [0.15, 0.2) is 0 Å². The fourth-order valence-corrected chi connectivity index (χ4v) is 2.30. The summed E-state index contributed by atoms with van der Waals surface area (Å²) in [5.74, 6) is -0.253. The van der Waals surface area contributed by atoms with Crippen molar-refractivity contribution >= 4 is 5.97 Å². The van der Waals surface area contributed by atoms with Gasteiger partial charge in [0, 0.05) is 20.0 Å². The molecule has 0 fully saturated rings. The monoisotopic (exact) mass is 290 g/mol. The molecule has 0 bridgehead atoms. The molecule has 0 amide bonds. The second-order valence-electron chi connectivity index (χ2n) is 5.15. The minimum absolute atomic E-state index is 0.0969. The van der Waals surface area contributed by atoms with Crippen LogP contribution in [0.25, 0.3) is 0 Å². The second kappa shape index (κ2) is 8.47. The third-order valence-electron chi connectivity index (χ3n) is 3.30. The molecular formula is C17H22O4. The summed E-state index contributed by atoms with van der Waals surface area (Å²) < 4.78 is 16.3. The molecule has 0 N–H and O–H groups in total. The fraction of sp³-hybridized carbons (Fsp3) is 0.471. The topological polar surface area (TPSA) is 44.8 Å². The summed E-state index contributed by atoms with van der Waals surface area (Å²) in [4.78, 5) is 10.9. The molecule has 1 aromatic carbocycles. The molecular weight excluding hydrogens is 268 g/mol. The lowest BCUT2D eigenvalue weighted by Gasteiger charge is -2.25. The van der Waals surface area contributed by atoms with E-state index >= 15 is 0 Å². The molecule has 21 heavy (non-hydrogen) atoms. The van der Waals surface area contributed by atoms with Crippen molar-refractivity contribution in [2.75, 3.05) is 6.61 Å². The Bertz CT molecular complexity index is 455. The third-order valence-corrected chi connectivity index (χ3v) is 3.30. The predicted molar refractivity (Wildman–Crippen MR) is 79.5 cm³/mol. The first-order valence-electron chi connectivity index (χ1n) is 7.35. The van der Waals surface area contributed by atoms with Crippen molar-refractivity contribution in [3.05, 3.63) is 48.2 Å². The SMILES string of the molecule is CC(=O)O[C@@H]1C=CO[C@H](CCCOCc2ccccc2)C1. The van der Waals surface area contributed by atoms with Crippen LogP contribution in [0.4, 0.5) is 0 Å². The maximum atomic E-state index is 10.9. The van der Waals surface area contributed by atoms with Gasteiger partial charge in [-0.2, -0.15) is 0 Å². The highest BCUT2D eigenvalue weighted by Crippen LogP contribution is 2.18. The summed E-state index contributed by atoms with van der Waals surface area (Å²) in [7, 11) is 0. The van der Waals surface area contributed by atoms with Crippen LogP contribution < -0.4 is 0 Å². The highest BCUT2D eigenvalue weighted by atomic mass is 16.5. The summed E-state index contributed by atoms with van der Waals surface area (Å²) in [5.41, 5.74) is 1.18. The molecule has 0 radical (unpaired) electrons. The van der Waals surface area contributed by atoms with E-state index in [0.717, 1.165) is 19.3 Å². The Kier molecular flexibility index (Phi) is 6.28. The average Bonchev–Trinajstić information content (AvgIpc) is 2.48. The largest absolute Gasteiger partial charge is 0.498 e. The molecule has 114 valence electrons. The lowest BCUT2D eigenvalue weighted by atomic mass is 10.1. The van der Waals surface area contributed by atoms with Crippen molar-refractivity contribution in [2.24, 2.45) is 0 Å². The first-order valence-corrected chi connectivity index (χ1v) is 7.35. The number of carbonyl (C=O) groups is 1. The number of rotatable bonds is 7. The van der Waals surface area contributed by atoms with E-state index in [1.807, 2.05) is 18.2 Å². The summed E-state index contributed by atoms with van der Waals surface area (Å²) in [6.45, 7) is 2.77. The molecule has 0 unspecified atom stereocenters. The van der Waals surface area contributed by atoms with Gasteiger partial charge in [-0.15, -0.1) is 0 Å². The quantitative estimate of drug-likeness (QED) is 0.571. The number of hydrogen-bond donors (Lipinski definition) is 0. The third kappa shape index (κ3) is 6.00. The highest BCUT2D eigenvalue weighted by molar-refractivity contribution is 5.66. The van der Waals surface area contributed by atoms with Crippen LogP contribution in [-0.4, -0.2) is 24.8 Å². The van der Waals surface area contributed by atoms with Gasteiger partial charge in [0.2, 0.25) is 0 Å². The molecule has 2 rings (SSSR count). The van der Waals surface area contributed by atoms with E-state index < -0.39 is 0 Å². The summed E-state index contributed by atoms with van der Waals surface area (Å²) >= 11 is 0. The predicted octanol–water partition coefficient (Wildman–Crippen LogP) is 3.22. The van der Waals surface area contributed by atoms with Crippen LogP contribution in [0.2, 0.25) is 0 Å². The van der Waals surface area contributed by atoms with Gasteiger partial charge in [-0.05, 0) is 24.5 Å². The molecule has 0 spiro atoms. The summed E-state index contributed by atoms with van der Waals surface area (Å²) in [5, 5.41) is 0. The Morgan fingerprint density at radius 1 is 1.33 bits per heavy atom. The standard InChI is InChI=1S/C17H22O4/c1-14(18)21-17-9-11-20-16(12-17)8-5-10-19-13-15-6-3-2-4-7-15/h2-4,6-7,9,11,16-17H,5,8,10,12-13H2,1H3/t16-,17-/m1/s1. The van der Waals surface area contributed by atoms with Crippen LogP contribution in [-0.2, 0) is 25.6 Å². The molecule has 1 aliphatic rings. The zero-order valence-corrected chi connectivity index (χ0v) is 12.4. The van der Waals surface area contributed by atoms with Crippen LogP contribution in [0, 0.1) is 0 Å². The first kappa shape index (κ1) is 15.6. The summed E-state index contributed by atoms with van der Waals surface area (Å²) in [6.07, 6.45) is 5.89.